The van der Waals surface area contributed by atoms with E-state index < -0.39 is 0 Å². The summed E-state index contributed by atoms with van der Waals surface area (Å²) in [5.74, 6) is 1.49. The fourth-order valence-electron chi connectivity index (χ4n) is 5.16. The molecule has 1 aromatic carbocycles. The number of hydrogen-bond donors (Lipinski definition) is 3. The largest absolute Gasteiger partial charge is 0.494 e. The minimum Gasteiger partial charge on any atom is -0.494 e. The van der Waals surface area contributed by atoms with E-state index in [0.717, 1.165) is 35.9 Å². The Balaban J connectivity index is 1.32. The smallest absolute Gasteiger partial charge is 0.228 e. The van der Waals surface area contributed by atoms with Crippen LogP contribution in [0, 0.1) is 11.3 Å². The van der Waals surface area contributed by atoms with Gasteiger partial charge in [-0.2, -0.15) is 0 Å². The molecule has 9 nitrogen and oxygen atoms in total. The summed E-state index contributed by atoms with van der Waals surface area (Å²) in [4.78, 5) is 26.2. The van der Waals surface area contributed by atoms with Gasteiger partial charge in [0, 0.05) is 40.7 Å². The third-order valence-corrected chi connectivity index (χ3v) is 8.08. The van der Waals surface area contributed by atoms with E-state index in [0.29, 0.717) is 35.1 Å². The lowest BCUT2D eigenvalue weighted by Gasteiger charge is -2.40. The Morgan fingerprint density at radius 3 is 3.03 bits per heavy atom. The number of hydrogen-bond acceptors (Lipinski definition) is 9. The number of nitrogens with zero attached hydrogens (tertiary/aromatic N) is 3. The van der Waals surface area contributed by atoms with E-state index in [2.05, 4.69) is 15.3 Å². The average molecular weight is 465 g/mol. The Morgan fingerprint density at radius 2 is 2.30 bits per heavy atom. The number of rotatable bonds is 5. The van der Waals surface area contributed by atoms with Gasteiger partial charge >= 0.3 is 0 Å². The zero-order valence-electron chi connectivity index (χ0n) is 18.1. The highest BCUT2D eigenvalue weighted by Gasteiger charge is 2.50. The van der Waals surface area contributed by atoms with Crippen molar-refractivity contribution in [3.63, 3.8) is 0 Å². The van der Waals surface area contributed by atoms with Gasteiger partial charge in [-0.1, -0.05) is 0 Å². The molecule has 3 fully saturated rings. The predicted molar refractivity (Wildman–Crippen MR) is 126 cm³/mol. The second-order valence-electron chi connectivity index (χ2n) is 8.72. The molecule has 1 aliphatic carbocycles. The lowest BCUT2D eigenvalue weighted by atomic mass is 9.85. The number of anilines is 3. The lowest BCUT2D eigenvalue weighted by Crippen LogP contribution is -2.55. The molecule has 0 spiro atoms. The van der Waals surface area contributed by atoms with Crippen LogP contribution in [-0.2, 0) is 22.4 Å². The van der Waals surface area contributed by atoms with Crippen LogP contribution in [0.25, 0.3) is 10.2 Å². The number of thiophene rings is 1. The number of amides is 1. The van der Waals surface area contributed by atoms with Crippen molar-refractivity contribution in [1.82, 2.24) is 14.9 Å². The SMILES string of the molecule is COc1cc(N)c(C=N)cc1Nc1ncnc2sc3c(c12)CCC(C(=O)N1C2COC1C2)C3. The van der Waals surface area contributed by atoms with Crippen LogP contribution < -0.4 is 15.8 Å². The molecule has 10 heteroatoms. The number of carbonyl (C=O) groups is 1. The van der Waals surface area contributed by atoms with Crippen molar-refractivity contribution in [3.05, 3.63) is 34.5 Å². The van der Waals surface area contributed by atoms with Crippen molar-refractivity contribution in [3.8, 4) is 5.75 Å². The first-order chi connectivity index (χ1) is 16.1. The monoisotopic (exact) mass is 464 g/mol. The molecular formula is C23H24N6O3S. The van der Waals surface area contributed by atoms with E-state index in [4.69, 9.17) is 20.6 Å². The Labute approximate surface area is 194 Å². The predicted octanol–water partition coefficient (Wildman–Crippen LogP) is 3.09. The number of methoxy groups -OCH3 is 1. The van der Waals surface area contributed by atoms with Gasteiger partial charge in [0.2, 0.25) is 5.91 Å². The third kappa shape index (κ3) is 3.16. The van der Waals surface area contributed by atoms with Crippen LogP contribution in [0.15, 0.2) is 18.5 Å². The van der Waals surface area contributed by atoms with Crippen molar-refractivity contribution in [2.75, 3.05) is 24.8 Å². The van der Waals surface area contributed by atoms with E-state index in [1.807, 2.05) is 4.90 Å². The molecular weight excluding hydrogens is 440 g/mol. The van der Waals surface area contributed by atoms with Gasteiger partial charge in [0.15, 0.2) is 0 Å². The molecule has 4 N–H and O–H groups in total. The molecule has 7 rings (SSSR count). The van der Waals surface area contributed by atoms with Crippen molar-refractivity contribution in [1.29, 1.82) is 5.41 Å². The molecule has 3 unspecified atom stereocenters. The molecule has 4 aliphatic rings. The Hall–Kier alpha value is -3.24. The van der Waals surface area contributed by atoms with Crippen LogP contribution in [0.3, 0.4) is 0 Å². The molecule has 3 aliphatic heterocycles. The van der Waals surface area contributed by atoms with Gasteiger partial charge in [-0.3, -0.25) is 4.79 Å². The zero-order valence-corrected chi connectivity index (χ0v) is 18.9. The minimum atomic E-state index is -0.00581. The molecule has 3 atom stereocenters. The maximum absolute atomic E-state index is 13.1. The highest BCUT2D eigenvalue weighted by atomic mass is 32.1. The third-order valence-electron chi connectivity index (χ3n) is 6.92. The van der Waals surface area contributed by atoms with Crippen molar-refractivity contribution < 1.29 is 14.3 Å². The molecule has 33 heavy (non-hydrogen) atoms. The summed E-state index contributed by atoms with van der Waals surface area (Å²) < 4.78 is 11.1. The first-order valence-corrected chi connectivity index (χ1v) is 11.8. The number of benzene rings is 1. The summed E-state index contributed by atoms with van der Waals surface area (Å²) in [5, 5.41) is 12.0. The summed E-state index contributed by atoms with van der Waals surface area (Å²) in [7, 11) is 1.58. The number of fused-ring (bicyclic) bond motifs is 4. The quantitative estimate of drug-likeness (QED) is 0.391. The normalized spacial score (nSPS) is 23.2. The summed E-state index contributed by atoms with van der Waals surface area (Å²) in [6.07, 6.45) is 6.08. The molecule has 170 valence electrons. The molecule has 2 bridgehead atoms. The van der Waals surface area contributed by atoms with Gasteiger partial charge in [0.1, 0.15) is 29.0 Å². The number of carbonyl (C=O) groups excluding carboxylic acids is 1. The second kappa shape index (κ2) is 7.67. The van der Waals surface area contributed by atoms with Crippen LogP contribution in [0.4, 0.5) is 17.2 Å². The van der Waals surface area contributed by atoms with E-state index in [9.17, 15) is 4.79 Å². The fraction of sp³-hybridized carbons (Fsp3) is 0.391. The van der Waals surface area contributed by atoms with E-state index >= 15 is 0 Å². The number of nitrogens with two attached hydrogens (primary N) is 1. The van der Waals surface area contributed by atoms with E-state index in [1.54, 1.807) is 36.9 Å². The molecule has 1 amide bonds. The maximum atomic E-state index is 13.1. The van der Waals surface area contributed by atoms with Crippen LogP contribution in [0.5, 0.6) is 5.75 Å². The Bertz CT molecular complexity index is 1280. The number of ether oxygens (including phenoxy) is 2. The highest BCUT2D eigenvalue weighted by Crippen LogP contribution is 2.43. The Kier molecular flexibility index (Phi) is 4.73. The number of aryl methyl sites for hydroxylation is 1. The van der Waals surface area contributed by atoms with Gasteiger partial charge in [-0.25, -0.2) is 9.97 Å². The van der Waals surface area contributed by atoms with Crippen LogP contribution in [0.2, 0.25) is 0 Å². The second-order valence-corrected chi connectivity index (χ2v) is 9.80. The van der Waals surface area contributed by atoms with Crippen LogP contribution in [0.1, 0.15) is 28.8 Å². The maximum Gasteiger partial charge on any atom is 0.228 e. The molecule has 5 heterocycles. The van der Waals surface area contributed by atoms with Crippen molar-refractivity contribution in [2.24, 2.45) is 5.92 Å². The van der Waals surface area contributed by atoms with Gasteiger partial charge in [-0.15, -0.1) is 11.3 Å². The van der Waals surface area contributed by atoms with Gasteiger partial charge < -0.3 is 30.8 Å². The summed E-state index contributed by atoms with van der Waals surface area (Å²) in [5.41, 5.74) is 8.98. The standard InChI is InChI=1S/C23H24N6O3S/c1-31-17-7-15(25)12(8-24)4-16(17)28-21-20-14-3-2-11(5-18(14)33-22(20)27-10-26-21)23(30)29-13-6-19(29)32-9-13/h4,7-8,10-11,13,19,24H,2-3,5-6,9,25H2,1H3,(H,26,27,28). The van der Waals surface area contributed by atoms with Crippen molar-refractivity contribution >= 4 is 50.9 Å². The van der Waals surface area contributed by atoms with Gasteiger partial charge in [0.05, 0.1) is 30.8 Å². The lowest BCUT2D eigenvalue weighted by molar-refractivity contribution is -0.151. The molecule has 0 radical (unpaired) electrons. The highest BCUT2D eigenvalue weighted by molar-refractivity contribution is 7.19. The summed E-state index contributed by atoms with van der Waals surface area (Å²) >= 11 is 1.64. The van der Waals surface area contributed by atoms with E-state index in [-0.39, 0.29) is 24.1 Å². The van der Waals surface area contributed by atoms with Crippen LogP contribution >= 0.6 is 11.3 Å². The van der Waals surface area contributed by atoms with Gasteiger partial charge in [0.25, 0.3) is 0 Å². The van der Waals surface area contributed by atoms with E-state index in [1.165, 1.54) is 16.7 Å². The Morgan fingerprint density at radius 1 is 1.42 bits per heavy atom. The summed E-state index contributed by atoms with van der Waals surface area (Å²) in [6.45, 7) is 0.677. The van der Waals surface area contributed by atoms with Crippen molar-refractivity contribution in [2.45, 2.75) is 38.0 Å². The number of aromatic nitrogens is 2. The first-order valence-electron chi connectivity index (χ1n) is 11.0. The minimum absolute atomic E-state index is 0.00530. The van der Waals surface area contributed by atoms with Crippen LogP contribution in [-0.4, -0.2) is 53.0 Å². The zero-order chi connectivity index (χ0) is 22.7. The topological polar surface area (TPSA) is 126 Å². The molecule has 2 aromatic heterocycles. The average Bonchev–Trinajstić information content (AvgIpc) is 3.54. The fourth-order valence-corrected chi connectivity index (χ4v) is 6.42. The first kappa shape index (κ1) is 20.4. The number of nitrogen functional groups attached to an aromatic ring is 1. The molecule has 0 saturated carbocycles. The summed E-state index contributed by atoms with van der Waals surface area (Å²) in [6, 6.07) is 3.76. The van der Waals surface area contributed by atoms with Gasteiger partial charge in [-0.05, 0) is 30.9 Å². The molecule has 3 saturated heterocycles. The molecule has 3 aromatic rings. The number of nitrogens with one attached hydrogen (secondary N) is 2.